The number of aliphatic carboxylic acids is 1. The summed E-state index contributed by atoms with van der Waals surface area (Å²) >= 11 is 0. The molecular weight excluding hydrogens is 242 g/mol. The van der Waals surface area contributed by atoms with Crippen LogP contribution in [0.2, 0.25) is 0 Å². The van der Waals surface area contributed by atoms with Crippen molar-refractivity contribution < 1.29 is 9.90 Å². The van der Waals surface area contributed by atoms with Crippen molar-refractivity contribution in [1.82, 2.24) is 15.0 Å². The highest BCUT2D eigenvalue weighted by Crippen LogP contribution is 2.26. The maximum absolute atomic E-state index is 10.7. The van der Waals surface area contributed by atoms with Gasteiger partial charge in [0.2, 0.25) is 0 Å². The highest BCUT2D eigenvalue weighted by Gasteiger charge is 2.09. The number of fused-ring (bicyclic) bond motifs is 1. The van der Waals surface area contributed by atoms with Crippen molar-refractivity contribution in [2.24, 2.45) is 0 Å². The van der Waals surface area contributed by atoms with Gasteiger partial charge in [0.1, 0.15) is 0 Å². The summed E-state index contributed by atoms with van der Waals surface area (Å²) in [6, 6.07) is 7.45. The predicted octanol–water partition coefficient (Wildman–Crippen LogP) is 2.25. The summed E-state index contributed by atoms with van der Waals surface area (Å²) in [5.74, 6) is -0.887. The van der Waals surface area contributed by atoms with Crippen molar-refractivity contribution in [1.29, 1.82) is 0 Å². The third-order valence-corrected chi connectivity index (χ3v) is 2.89. The van der Waals surface area contributed by atoms with Gasteiger partial charge in [-0.15, -0.1) is 0 Å². The first kappa shape index (κ1) is 11.4. The minimum Gasteiger partial charge on any atom is -0.481 e. The van der Waals surface area contributed by atoms with E-state index in [9.17, 15) is 4.79 Å². The second-order valence-electron chi connectivity index (χ2n) is 4.21. The highest BCUT2D eigenvalue weighted by molar-refractivity contribution is 5.92. The first-order chi connectivity index (χ1) is 9.24. The number of hydrogen-bond donors (Lipinski definition) is 2. The van der Waals surface area contributed by atoms with E-state index < -0.39 is 5.97 Å². The number of aromatic nitrogens is 3. The molecule has 2 N–H and O–H groups in total. The fourth-order valence-electron chi connectivity index (χ4n) is 2.07. The molecule has 0 aliphatic carbocycles. The van der Waals surface area contributed by atoms with Crippen LogP contribution in [0.4, 0.5) is 0 Å². The molecule has 3 rings (SSSR count). The minimum atomic E-state index is -0.887. The van der Waals surface area contributed by atoms with Crippen LogP contribution in [0.25, 0.3) is 22.2 Å². The average Bonchev–Trinajstić information content (AvgIpc) is 2.82. The average molecular weight is 253 g/mol. The van der Waals surface area contributed by atoms with Gasteiger partial charge in [-0.25, -0.2) is 0 Å². The third kappa shape index (κ3) is 2.18. The van der Waals surface area contributed by atoms with Crippen molar-refractivity contribution in [3.8, 4) is 11.1 Å². The van der Waals surface area contributed by atoms with Crippen molar-refractivity contribution in [2.75, 3.05) is 0 Å². The summed E-state index contributed by atoms with van der Waals surface area (Å²) in [6.07, 6.45) is 5.15. The van der Waals surface area contributed by atoms with E-state index in [0.29, 0.717) is 5.69 Å². The second kappa shape index (κ2) is 4.53. The van der Waals surface area contributed by atoms with Crippen molar-refractivity contribution >= 4 is 17.0 Å². The fourth-order valence-corrected chi connectivity index (χ4v) is 2.07. The molecule has 0 atom stereocenters. The van der Waals surface area contributed by atoms with Crippen LogP contribution in [0.5, 0.6) is 0 Å². The maximum Gasteiger partial charge on any atom is 0.309 e. The standard InChI is InChI=1S/C14H11N3O2/c18-13(19)7-10-6-9(3-5-15-10)11-8-17-12-2-1-4-16-14(11)12/h1-6,8,17H,7H2,(H,18,19). The van der Waals surface area contributed by atoms with Crippen LogP contribution < -0.4 is 0 Å². The van der Waals surface area contributed by atoms with E-state index in [1.807, 2.05) is 24.4 Å². The molecule has 0 aliphatic heterocycles. The van der Waals surface area contributed by atoms with Gasteiger partial charge in [0.15, 0.2) is 0 Å². The highest BCUT2D eigenvalue weighted by atomic mass is 16.4. The summed E-state index contributed by atoms with van der Waals surface area (Å²) in [4.78, 5) is 22.3. The third-order valence-electron chi connectivity index (χ3n) is 2.89. The number of nitrogens with one attached hydrogen (secondary N) is 1. The molecule has 0 spiro atoms. The van der Waals surface area contributed by atoms with Crippen LogP contribution in [-0.4, -0.2) is 26.0 Å². The Morgan fingerprint density at radius 1 is 1.26 bits per heavy atom. The van der Waals surface area contributed by atoms with Gasteiger partial charge in [-0.3, -0.25) is 14.8 Å². The lowest BCUT2D eigenvalue weighted by molar-refractivity contribution is -0.136. The molecule has 0 saturated carbocycles. The van der Waals surface area contributed by atoms with Crippen molar-refractivity contribution in [3.63, 3.8) is 0 Å². The first-order valence-corrected chi connectivity index (χ1v) is 5.83. The molecule has 0 aliphatic rings. The second-order valence-corrected chi connectivity index (χ2v) is 4.21. The number of H-pyrrole nitrogens is 1. The Balaban J connectivity index is 2.09. The zero-order valence-corrected chi connectivity index (χ0v) is 10.00. The molecular formula is C14H11N3O2. The Kier molecular flexibility index (Phi) is 2.72. The van der Waals surface area contributed by atoms with E-state index in [2.05, 4.69) is 15.0 Å². The summed E-state index contributed by atoms with van der Waals surface area (Å²) in [5, 5.41) is 8.80. The molecule has 0 amide bonds. The van der Waals surface area contributed by atoms with E-state index in [4.69, 9.17) is 5.11 Å². The van der Waals surface area contributed by atoms with Crippen LogP contribution in [-0.2, 0) is 11.2 Å². The largest absolute Gasteiger partial charge is 0.481 e. The van der Waals surface area contributed by atoms with E-state index in [1.165, 1.54) is 0 Å². The van der Waals surface area contributed by atoms with E-state index in [0.717, 1.165) is 22.2 Å². The van der Waals surface area contributed by atoms with E-state index in [-0.39, 0.29) is 6.42 Å². The summed E-state index contributed by atoms with van der Waals surface area (Å²) in [6.45, 7) is 0. The minimum absolute atomic E-state index is 0.0797. The molecule has 0 aromatic carbocycles. The normalized spacial score (nSPS) is 10.7. The number of carbonyl (C=O) groups is 1. The molecule has 0 saturated heterocycles. The zero-order chi connectivity index (χ0) is 13.2. The van der Waals surface area contributed by atoms with Gasteiger partial charge in [0.25, 0.3) is 0 Å². The fraction of sp³-hybridized carbons (Fsp3) is 0.0714. The van der Waals surface area contributed by atoms with Gasteiger partial charge in [0, 0.05) is 24.2 Å². The zero-order valence-electron chi connectivity index (χ0n) is 10.00. The van der Waals surface area contributed by atoms with Crippen LogP contribution >= 0.6 is 0 Å². The van der Waals surface area contributed by atoms with Gasteiger partial charge < -0.3 is 10.1 Å². The Bertz CT molecular complexity index is 749. The van der Waals surface area contributed by atoms with Crippen LogP contribution in [0, 0.1) is 0 Å². The Hall–Kier alpha value is -2.69. The summed E-state index contributed by atoms with van der Waals surface area (Å²) < 4.78 is 0. The first-order valence-electron chi connectivity index (χ1n) is 5.83. The number of nitrogens with zero attached hydrogens (tertiary/aromatic N) is 2. The molecule has 0 unspecified atom stereocenters. The molecule has 0 radical (unpaired) electrons. The monoisotopic (exact) mass is 253 g/mol. The lowest BCUT2D eigenvalue weighted by atomic mass is 10.1. The molecule has 3 heterocycles. The summed E-state index contributed by atoms with van der Waals surface area (Å²) in [7, 11) is 0. The number of pyridine rings is 2. The molecule has 5 heteroatoms. The SMILES string of the molecule is O=C(O)Cc1cc(-c2c[nH]c3cccnc23)ccn1. The Morgan fingerprint density at radius 2 is 2.16 bits per heavy atom. The molecule has 19 heavy (non-hydrogen) atoms. The number of carboxylic acids is 1. The predicted molar refractivity (Wildman–Crippen MR) is 70.7 cm³/mol. The van der Waals surface area contributed by atoms with Gasteiger partial charge in [0.05, 0.1) is 23.1 Å². The molecule has 0 fully saturated rings. The molecule has 3 aromatic rings. The lowest BCUT2D eigenvalue weighted by Crippen LogP contribution is -2.02. The van der Waals surface area contributed by atoms with Gasteiger partial charge in [-0.2, -0.15) is 0 Å². The van der Waals surface area contributed by atoms with Crippen LogP contribution in [0.1, 0.15) is 5.69 Å². The Labute approximate surface area is 109 Å². The number of carboxylic acid groups (broad SMARTS) is 1. The van der Waals surface area contributed by atoms with Crippen molar-refractivity contribution in [3.05, 3.63) is 48.5 Å². The van der Waals surface area contributed by atoms with E-state index in [1.54, 1.807) is 18.5 Å². The molecule has 5 nitrogen and oxygen atoms in total. The Morgan fingerprint density at radius 3 is 3.00 bits per heavy atom. The van der Waals surface area contributed by atoms with Crippen LogP contribution in [0.3, 0.4) is 0 Å². The maximum atomic E-state index is 10.7. The molecule has 94 valence electrons. The quantitative estimate of drug-likeness (QED) is 0.750. The van der Waals surface area contributed by atoms with Gasteiger partial charge in [-0.1, -0.05) is 0 Å². The smallest absolute Gasteiger partial charge is 0.309 e. The van der Waals surface area contributed by atoms with Gasteiger partial charge in [-0.05, 0) is 29.8 Å². The number of rotatable bonds is 3. The summed E-state index contributed by atoms with van der Waals surface area (Å²) in [5.41, 5.74) is 4.22. The van der Waals surface area contributed by atoms with Crippen LogP contribution in [0.15, 0.2) is 42.9 Å². The number of aromatic amines is 1. The van der Waals surface area contributed by atoms with Crippen molar-refractivity contribution in [2.45, 2.75) is 6.42 Å². The number of hydrogen-bond acceptors (Lipinski definition) is 3. The van der Waals surface area contributed by atoms with E-state index >= 15 is 0 Å². The topological polar surface area (TPSA) is 78.9 Å². The molecule has 0 bridgehead atoms. The lowest BCUT2D eigenvalue weighted by Gasteiger charge is -2.01. The molecule has 3 aromatic heterocycles. The van der Waals surface area contributed by atoms with Gasteiger partial charge >= 0.3 is 5.97 Å².